The lowest BCUT2D eigenvalue weighted by atomic mass is 9.97. The van der Waals surface area contributed by atoms with Crippen LogP contribution in [0, 0.1) is 0 Å². The van der Waals surface area contributed by atoms with Crippen molar-refractivity contribution in [3.63, 3.8) is 0 Å². The summed E-state index contributed by atoms with van der Waals surface area (Å²) in [5.74, 6) is -0.863. The summed E-state index contributed by atoms with van der Waals surface area (Å²) in [5.41, 5.74) is 6.99. The molecule has 0 aromatic heterocycles. The summed E-state index contributed by atoms with van der Waals surface area (Å²) in [7, 11) is 0. The van der Waals surface area contributed by atoms with Gasteiger partial charge in [-0.1, -0.05) is 24.6 Å². The number of aliphatic carboxylic acids is 1. The Bertz CT molecular complexity index is 352. The maximum atomic E-state index is 10.5. The number of carboxylic acid groups (broad SMARTS) is 1. The molecule has 0 saturated heterocycles. The maximum Gasteiger partial charge on any atom is 0.303 e. The van der Waals surface area contributed by atoms with E-state index in [1.165, 1.54) is 0 Å². The van der Waals surface area contributed by atoms with Crippen LogP contribution in [0.4, 0.5) is 5.69 Å². The Balaban J connectivity index is 2.85. The van der Waals surface area contributed by atoms with E-state index in [-0.39, 0.29) is 12.3 Å². The number of hydrogen-bond donors (Lipinski definition) is 2. The van der Waals surface area contributed by atoms with Crippen molar-refractivity contribution in [2.45, 2.75) is 19.3 Å². The summed E-state index contributed by atoms with van der Waals surface area (Å²) in [6, 6.07) is 5.20. The Morgan fingerprint density at radius 3 is 2.79 bits per heavy atom. The topological polar surface area (TPSA) is 63.3 Å². The second-order valence-electron chi connectivity index (χ2n) is 3.28. The van der Waals surface area contributed by atoms with Crippen molar-refractivity contribution in [1.82, 2.24) is 0 Å². The third-order valence-corrected chi connectivity index (χ3v) is 2.41. The Labute approximate surface area is 87.5 Å². The third-order valence-electron chi connectivity index (χ3n) is 2.07. The minimum Gasteiger partial charge on any atom is -0.481 e. The number of benzene rings is 1. The average molecular weight is 214 g/mol. The fraction of sp³-hybridized carbons (Fsp3) is 0.300. The monoisotopic (exact) mass is 213 g/mol. The van der Waals surface area contributed by atoms with Crippen molar-refractivity contribution >= 4 is 23.3 Å². The van der Waals surface area contributed by atoms with Gasteiger partial charge in [0, 0.05) is 0 Å². The highest BCUT2D eigenvalue weighted by molar-refractivity contribution is 6.33. The molecule has 0 aliphatic carbocycles. The summed E-state index contributed by atoms with van der Waals surface area (Å²) in [5, 5.41) is 9.11. The van der Waals surface area contributed by atoms with Gasteiger partial charge in [0.25, 0.3) is 0 Å². The minimum atomic E-state index is -0.814. The molecule has 1 atom stereocenters. The SMILES string of the molecule is C[C@H](CC(=O)O)c1ccc(Cl)c(N)c1. The van der Waals surface area contributed by atoms with E-state index < -0.39 is 5.97 Å². The van der Waals surface area contributed by atoms with E-state index in [1.54, 1.807) is 18.2 Å². The van der Waals surface area contributed by atoms with E-state index in [2.05, 4.69) is 0 Å². The highest BCUT2D eigenvalue weighted by Crippen LogP contribution is 2.25. The van der Waals surface area contributed by atoms with Gasteiger partial charge in [0.1, 0.15) is 0 Å². The quantitative estimate of drug-likeness (QED) is 0.759. The zero-order chi connectivity index (χ0) is 10.7. The first-order valence-electron chi connectivity index (χ1n) is 4.27. The van der Waals surface area contributed by atoms with E-state index in [0.29, 0.717) is 10.7 Å². The predicted octanol–water partition coefficient (Wildman–Crippen LogP) is 2.50. The van der Waals surface area contributed by atoms with Gasteiger partial charge in [0.15, 0.2) is 0 Å². The molecule has 1 rings (SSSR count). The zero-order valence-electron chi connectivity index (χ0n) is 7.83. The number of nitrogen functional groups attached to an aromatic ring is 1. The van der Waals surface area contributed by atoms with E-state index in [0.717, 1.165) is 5.56 Å². The Morgan fingerprint density at radius 1 is 1.64 bits per heavy atom. The summed E-state index contributed by atoms with van der Waals surface area (Å²) in [4.78, 5) is 10.5. The second-order valence-corrected chi connectivity index (χ2v) is 3.69. The van der Waals surface area contributed by atoms with Gasteiger partial charge >= 0.3 is 5.97 Å². The van der Waals surface area contributed by atoms with Crippen LogP contribution in [-0.2, 0) is 4.79 Å². The molecule has 0 aliphatic heterocycles. The second kappa shape index (κ2) is 4.33. The van der Waals surface area contributed by atoms with Crippen molar-refractivity contribution in [2.24, 2.45) is 0 Å². The van der Waals surface area contributed by atoms with Crippen LogP contribution in [-0.4, -0.2) is 11.1 Å². The van der Waals surface area contributed by atoms with Crippen LogP contribution in [0.2, 0.25) is 5.02 Å². The first-order chi connectivity index (χ1) is 6.50. The Kier molecular flexibility index (Phi) is 3.36. The van der Waals surface area contributed by atoms with Gasteiger partial charge in [-0.25, -0.2) is 0 Å². The van der Waals surface area contributed by atoms with Crippen LogP contribution in [0.3, 0.4) is 0 Å². The van der Waals surface area contributed by atoms with E-state index in [1.807, 2.05) is 6.92 Å². The fourth-order valence-corrected chi connectivity index (χ4v) is 1.37. The molecular weight excluding hydrogens is 202 g/mol. The Morgan fingerprint density at radius 2 is 2.29 bits per heavy atom. The minimum absolute atomic E-state index is 0.0490. The molecule has 0 saturated carbocycles. The molecule has 1 aromatic carbocycles. The largest absolute Gasteiger partial charge is 0.481 e. The van der Waals surface area contributed by atoms with Gasteiger partial charge in [0.2, 0.25) is 0 Å². The van der Waals surface area contributed by atoms with E-state index in [4.69, 9.17) is 22.4 Å². The van der Waals surface area contributed by atoms with Gasteiger partial charge in [-0.15, -0.1) is 0 Å². The van der Waals surface area contributed by atoms with Crippen molar-refractivity contribution in [2.75, 3.05) is 5.73 Å². The van der Waals surface area contributed by atoms with Crippen LogP contribution >= 0.6 is 11.6 Å². The predicted molar refractivity (Wildman–Crippen MR) is 56.5 cm³/mol. The molecule has 0 radical (unpaired) electrons. The highest BCUT2D eigenvalue weighted by Gasteiger charge is 2.10. The van der Waals surface area contributed by atoms with Crippen LogP contribution in [0.15, 0.2) is 18.2 Å². The highest BCUT2D eigenvalue weighted by atomic mass is 35.5. The lowest BCUT2D eigenvalue weighted by molar-refractivity contribution is -0.137. The lowest BCUT2D eigenvalue weighted by Gasteiger charge is -2.10. The number of hydrogen-bond acceptors (Lipinski definition) is 2. The third kappa shape index (κ3) is 2.64. The molecular formula is C10H12ClNO2. The first kappa shape index (κ1) is 10.9. The molecule has 3 nitrogen and oxygen atoms in total. The molecule has 0 spiro atoms. The van der Waals surface area contributed by atoms with Crippen molar-refractivity contribution in [3.05, 3.63) is 28.8 Å². The Hall–Kier alpha value is -1.22. The van der Waals surface area contributed by atoms with Gasteiger partial charge < -0.3 is 10.8 Å². The number of halogens is 1. The van der Waals surface area contributed by atoms with Crippen molar-refractivity contribution < 1.29 is 9.90 Å². The molecule has 4 heteroatoms. The molecule has 1 aromatic rings. The number of carbonyl (C=O) groups is 1. The lowest BCUT2D eigenvalue weighted by Crippen LogP contribution is -2.03. The number of carboxylic acids is 1. The zero-order valence-corrected chi connectivity index (χ0v) is 8.58. The first-order valence-corrected chi connectivity index (χ1v) is 4.65. The molecule has 3 N–H and O–H groups in total. The van der Waals surface area contributed by atoms with Crippen LogP contribution in [0.5, 0.6) is 0 Å². The number of nitrogens with two attached hydrogens (primary N) is 1. The molecule has 0 heterocycles. The molecule has 0 bridgehead atoms. The van der Waals surface area contributed by atoms with Crippen molar-refractivity contribution in [1.29, 1.82) is 0 Å². The molecule has 76 valence electrons. The van der Waals surface area contributed by atoms with Crippen molar-refractivity contribution in [3.8, 4) is 0 Å². The smallest absolute Gasteiger partial charge is 0.303 e. The fourth-order valence-electron chi connectivity index (χ4n) is 1.25. The van der Waals surface area contributed by atoms with Gasteiger partial charge in [-0.2, -0.15) is 0 Å². The van der Waals surface area contributed by atoms with Crippen LogP contribution < -0.4 is 5.73 Å². The van der Waals surface area contributed by atoms with Crippen LogP contribution in [0.1, 0.15) is 24.8 Å². The molecule has 0 fully saturated rings. The van der Waals surface area contributed by atoms with Gasteiger partial charge in [-0.05, 0) is 23.6 Å². The molecule has 0 aliphatic rings. The molecule has 0 unspecified atom stereocenters. The number of anilines is 1. The maximum absolute atomic E-state index is 10.5. The average Bonchev–Trinajstić information content (AvgIpc) is 2.08. The van der Waals surface area contributed by atoms with Gasteiger partial charge in [0.05, 0.1) is 17.1 Å². The van der Waals surface area contributed by atoms with Gasteiger partial charge in [-0.3, -0.25) is 4.79 Å². The summed E-state index contributed by atoms with van der Waals surface area (Å²) < 4.78 is 0. The molecule has 14 heavy (non-hydrogen) atoms. The van der Waals surface area contributed by atoms with E-state index >= 15 is 0 Å². The summed E-state index contributed by atoms with van der Waals surface area (Å²) >= 11 is 5.75. The summed E-state index contributed by atoms with van der Waals surface area (Å²) in [6.07, 6.45) is 0.0983. The summed E-state index contributed by atoms with van der Waals surface area (Å²) in [6.45, 7) is 1.84. The standard InChI is InChI=1S/C10H12ClNO2/c1-6(4-10(13)14)7-2-3-8(11)9(12)5-7/h2-3,5-6H,4,12H2,1H3,(H,13,14)/t6-/m1/s1. The van der Waals surface area contributed by atoms with E-state index in [9.17, 15) is 4.79 Å². The normalized spacial score (nSPS) is 12.4. The van der Waals surface area contributed by atoms with Crippen LogP contribution in [0.25, 0.3) is 0 Å². The molecule has 0 amide bonds. The number of rotatable bonds is 3.